The second-order valence-electron chi connectivity index (χ2n) is 8.12. The molecule has 1 saturated heterocycles. The number of methoxy groups -OCH3 is 1. The predicted molar refractivity (Wildman–Crippen MR) is 120 cm³/mol. The number of amides is 1. The van der Waals surface area contributed by atoms with Crippen LogP contribution in [-0.4, -0.2) is 53.5 Å². The first kappa shape index (κ1) is 20.3. The normalized spacial score (nSPS) is 19.6. The number of aliphatic hydroxyl groups excluding tert-OH is 1. The fourth-order valence-electron chi connectivity index (χ4n) is 4.74. The molecule has 1 amide bonds. The van der Waals surface area contributed by atoms with E-state index in [9.17, 15) is 14.7 Å². The van der Waals surface area contributed by atoms with Crippen LogP contribution in [0.3, 0.4) is 0 Å². The molecule has 5 rings (SSSR count). The topological polar surface area (TPSA) is 91.9 Å². The number of hydrogen-bond donors (Lipinski definition) is 2. The molecule has 1 aromatic heterocycles. The highest BCUT2D eigenvalue weighted by Crippen LogP contribution is 2.43. The number of aromatic amines is 1. The van der Waals surface area contributed by atoms with Crippen molar-refractivity contribution in [3.8, 4) is 5.75 Å². The Morgan fingerprint density at radius 1 is 1.25 bits per heavy atom. The number of aryl methyl sites for hydroxylation is 1. The largest absolute Gasteiger partial charge is 0.507 e. The van der Waals surface area contributed by atoms with Crippen molar-refractivity contribution in [2.24, 2.45) is 0 Å². The van der Waals surface area contributed by atoms with Crippen molar-refractivity contribution < 1.29 is 24.2 Å². The Balaban J connectivity index is 1.72. The predicted octanol–water partition coefficient (Wildman–Crippen LogP) is 3.48. The van der Waals surface area contributed by atoms with Crippen LogP contribution in [-0.2, 0) is 20.7 Å². The molecule has 3 heterocycles. The molecule has 7 heteroatoms. The Morgan fingerprint density at radius 2 is 2.06 bits per heavy atom. The molecule has 2 aromatic carbocycles. The molecule has 3 aromatic rings. The molecule has 2 N–H and O–H groups in total. The van der Waals surface area contributed by atoms with Crippen molar-refractivity contribution >= 4 is 28.4 Å². The number of rotatable bonds is 5. The van der Waals surface area contributed by atoms with Gasteiger partial charge in [0.05, 0.1) is 24.8 Å². The van der Waals surface area contributed by atoms with Crippen molar-refractivity contribution in [2.75, 3.05) is 26.9 Å². The van der Waals surface area contributed by atoms with Crippen LogP contribution in [0, 0.1) is 6.92 Å². The zero-order chi connectivity index (χ0) is 22.4. The van der Waals surface area contributed by atoms with E-state index in [1.54, 1.807) is 19.2 Å². The van der Waals surface area contributed by atoms with E-state index in [1.807, 2.05) is 37.3 Å². The van der Waals surface area contributed by atoms with Gasteiger partial charge in [-0.1, -0.05) is 18.2 Å². The van der Waals surface area contributed by atoms with Crippen LogP contribution in [0.1, 0.15) is 28.4 Å². The summed E-state index contributed by atoms with van der Waals surface area (Å²) in [5.74, 6) is -0.716. The molecule has 164 valence electrons. The average Bonchev–Trinajstić information content (AvgIpc) is 3.46. The maximum Gasteiger partial charge on any atom is 0.295 e. The van der Waals surface area contributed by atoms with Crippen LogP contribution >= 0.6 is 0 Å². The summed E-state index contributed by atoms with van der Waals surface area (Å²) in [6, 6.07) is 12.4. The van der Waals surface area contributed by atoms with Gasteiger partial charge in [0.2, 0.25) is 0 Å². The molecule has 0 aliphatic carbocycles. The number of likely N-dealkylation sites (tertiary alicyclic amines) is 1. The first-order chi connectivity index (χ1) is 15.5. The summed E-state index contributed by atoms with van der Waals surface area (Å²) in [5.41, 5.74) is 4.13. The van der Waals surface area contributed by atoms with Gasteiger partial charge in [0.1, 0.15) is 11.5 Å². The summed E-state index contributed by atoms with van der Waals surface area (Å²) in [6.07, 6.45) is 0.740. The SMILES string of the molecule is COCCN1C(=O)C(=O)/C(=C(/O)c2ccc3c(c2)CCO3)C1c1c(C)[nH]c2ccccc12. The van der Waals surface area contributed by atoms with E-state index in [-0.39, 0.29) is 24.5 Å². The van der Waals surface area contributed by atoms with Gasteiger partial charge >= 0.3 is 0 Å². The third-order valence-corrected chi connectivity index (χ3v) is 6.26. The van der Waals surface area contributed by atoms with Crippen molar-refractivity contribution in [2.45, 2.75) is 19.4 Å². The van der Waals surface area contributed by atoms with E-state index in [4.69, 9.17) is 9.47 Å². The minimum atomic E-state index is -0.717. The Labute approximate surface area is 185 Å². The van der Waals surface area contributed by atoms with Crippen LogP contribution in [0.4, 0.5) is 0 Å². The molecule has 0 saturated carbocycles. The van der Waals surface area contributed by atoms with Gasteiger partial charge in [0.25, 0.3) is 11.7 Å². The Kier molecular flexibility index (Phi) is 4.98. The minimum Gasteiger partial charge on any atom is -0.507 e. The van der Waals surface area contributed by atoms with Gasteiger partial charge in [-0.25, -0.2) is 0 Å². The van der Waals surface area contributed by atoms with Crippen molar-refractivity contribution in [1.29, 1.82) is 0 Å². The van der Waals surface area contributed by atoms with Gasteiger partial charge in [0.15, 0.2) is 0 Å². The molecule has 1 fully saturated rings. The van der Waals surface area contributed by atoms with E-state index >= 15 is 0 Å². The molecular formula is C25H24N2O5. The molecular weight excluding hydrogens is 408 g/mol. The summed E-state index contributed by atoms with van der Waals surface area (Å²) in [7, 11) is 1.55. The number of aliphatic hydroxyl groups is 1. The molecule has 1 unspecified atom stereocenters. The highest BCUT2D eigenvalue weighted by atomic mass is 16.5. The van der Waals surface area contributed by atoms with Crippen LogP contribution < -0.4 is 4.74 Å². The summed E-state index contributed by atoms with van der Waals surface area (Å²) in [5, 5.41) is 12.2. The van der Waals surface area contributed by atoms with Crippen LogP contribution in [0.25, 0.3) is 16.7 Å². The number of nitrogens with zero attached hydrogens (tertiary/aromatic N) is 1. The molecule has 2 aliphatic rings. The zero-order valence-corrected chi connectivity index (χ0v) is 18.0. The molecule has 0 bridgehead atoms. The summed E-state index contributed by atoms with van der Waals surface area (Å²) in [4.78, 5) is 31.1. The maximum atomic E-state index is 13.2. The lowest BCUT2D eigenvalue weighted by Gasteiger charge is -2.25. The quantitative estimate of drug-likeness (QED) is 0.366. The number of aromatic nitrogens is 1. The Bertz CT molecular complexity index is 1270. The number of H-pyrrole nitrogens is 1. The van der Waals surface area contributed by atoms with Gasteiger partial charge < -0.3 is 24.5 Å². The first-order valence-electron chi connectivity index (χ1n) is 10.6. The molecule has 1 atom stereocenters. The van der Waals surface area contributed by atoms with Crippen LogP contribution in [0.2, 0.25) is 0 Å². The van der Waals surface area contributed by atoms with Crippen LogP contribution in [0.5, 0.6) is 5.75 Å². The van der Waals surface area contributed by atoms with E-state index in [1.165, 1.54) is 4.90 Å². The smallest absolute Gasteiger partial charge is 0.295 e. The number of benzene rings is 2. The monoisotopic (exact) mass is 432 g/mol. The van der Waals surface area contributed by atoms with Gasteiger partial charge in [0, 0.05) is 47.8 Å². The lowest BCUT2D eigenvalue weighted by Crippen LogP contribution is -2.32. The lowest BCUT2D eigenvalue weighted by molar-refractivity contribution is -0.140. The highest BCUT2D eigenvalue weighted by Gasteiger charge is 2.47. The lowest BCUT2D eigenvalue weighted by atomic mass is 9.93. The second-order valence-corrected chi connectivity index (χ2v) is 8.12. The van der Waals surface area contributed by atoms with Gasteiger partial charge in [-0.3, -0.25) is 9.59 Å². The van der Waals surface area contributed by atoms with Crippen molar-refractivity contribution in [1.82, 2.24) is 9.88 Å². The standard InChI is InChI=1S/C25H24N2O5/c1-14-20(17-5-3-4-6-18(17)26-14)22-21(24(29)25(30)27(22)10-12-31-2)23(28)16-7-8-19-15(13-16)9-11-32-19/h3-8,13,22,26,28H,9-12H2,1-2H3/b23-21+. The fraction of sp³-hybridized carbons (Fsp3) is 0.280. The summed E-state index contributed by atoms with van der Waals surface area (Å²) >= 11 is 0. The van der Waals surface area contributed by atoms with Crippen molar-refractivity contribution in [3.05, 3.63) is 70.4 Å². The number of hydrogen-bond acceptors (Lipinski definition) is 5. The molecule has 0 spiro atoms. The first-order valence-corrected chi connectivity index (χ1v) is 10.6. The Morgan fingerprint density at radius 3 is 2.88 bits per heavy atom. The average molecular weight is 432 g/mol. The highest BCUT2D eigenvalue weighted by molar-refractivity contribution is 6.46. The molecule has 32 heavy (non-hydrogen) atoms. The maximum absolute atomic E-state index is 13.2. The summed E-state index contributed by atoms with van der Waals surface area (Å²) < 4.78 is 10.8. The Hall–Kier alpha value is -3.58. The second kappa shape index (κ2) is 7.84. The number of nitrogens with one attached hydrogen (secondary N) is 1. The van der Waals surface area contributed by atoms with Crippen molar-refractivity contribution in [3.63, 3.8) is 0 Å². The zero-order valence-electron chi connectivity index (χ0n) is 18.0. The van der Waals surface area contributed by atoms with E-state index in [0.717, 1.165) is 39.9 Å². The van der Waals surface area contributed by atoms with Gasteiger partial charge in [-0.05, 0) is 36.8 Å². The fourth-order valence-corrected chi connectivity index (χ4v) is 4.74. The number of ketones is 1. The van der Waals surface area contributed by atoms with E-state index in [0.29, 0.717) is 12.2 Å². The summed E-state index contributed by atoms with van der Waals surface area (Å²) in [6.45, 7) is 3.02. The van der Waals surface area contributed by atoms with Gasteiger partial charge in [-0.15, -0.1) is 0 Å². The number of Topliss-reactive ketones (excluding diaryl/α,β-unsaturated/α-hetero) is 1. The van der Waals surface area contributed by atoms with E-state index in [2.05, 4.69) is 4.98 Å². The number of para-hydroxylation sites is 1. The molecule has 7 nitrogen and oxygen atoms in total. The number of ether oxygens (including phenoxy) is 2. The minimum absolute atomic E-state index is 0.0952. The number of carbonyl (C=O) groups is 2. The third kappa shape index (κ3) is 3.08. The molecule has 2 aliphatic heterocycles. The van der Waals surface area contributed by atoms with Gasteiger partial charge in [-0.2, -0.15) is 0 Å². The number of carbonyl (C=O) groups excluding carboxylic acids is 2. The number of fused-ring (bicyclic) bond motifs is 2. The van der Waals surface area contributed by atoms with Crippen LogP contribution in [0.15, 0.2) is 48.0 Å². The third-order valence-electron chi connectivity index (χ3n) is 6.26. The van der Waals surface area contributed by atoms with E-state index < -0.39 is 17.7 Å². The molecule has 0 radical (unpaired) electrons.